The average molecular weight is 549 g/mol. The van der Waals surface area contributed by atoms with Gasteiger partial charge in [-0.1, -0.05) is 180 Å². The maximum Gasteiger partial charge on any atom is 0.0540 e. The van der Waals surface area contributed by atoms with Gasteiger partial charge in [0.2, 0.25) is 0 Å². The highest BCUT2D eigenvalue weighted by atomic mass is 16.5. The largest absolute Gasteiger partial charge is 0.384 e. The van der Waals surface area contributed by atoms with Crippen molar-refractivity contribution in [1.82, 2.24) is 0 Å². The third-order valence-electron chi connectivity index (χ3n) is 10.5. The number of hydrogen-bond donors (Lipinski definition) is 0. The lowest BCUT2D eigenvalue weighted by atomic mass is 9.79. The molecule has 2 heteroatoms. The minimum Gasteiger partial charge on any atom is -0.384 e. The number of methoxy groups -OCH3 is 2. The van der Waals surface area contributed by atoms with Crippen LogP contribution in [0.5, 0.6) is 0 Å². The van der Waals surface area contributed by atoms with E-state index in [9.17, 15) is 0 Å². The van der Waals surface area contributed by atoms with Gasteiger partial charge >= 0.3 is 0 Å². The monoisotopic (exact) mass is 549 g/mol. The number of ether oxygens (including phenoxy) is 2. The molecule has 2 aliphatic carbocycles. The molecule has 0 aromatic rings. The van der Waals surface area contributed by atoms with Gasteiger partial charge in [-0.2, -0.15) is 0 Å². The predicted molar refractivity (Wildman–Crippen MR) is 172 cm³/mol. The molecule has 0 radical (unpaired) electrons. The predicted octanol–water partition coefficient (Wildman–Crippen LogP) is 12.2. The molecule has 0 saturated heterocycles. The molecule has 0 aliphatic heterocycles. The first-order valence-electron chi connectivity index (χ1n) is 18.3. The van der Waals surface area contributed by atoms with E-state index >= 15 is 0 Å². The Morgan fingerprint density at radius 3 is 1.05 bits per heavy atom. The summed E-state index contributed by atoms with van der Waals surface area (Å²) in [4.78, 5) is 0. The SMILES string of the molecule is COCC(CCCCCCCCCCC1CCCCC1)(CCCCCCCCCCC1CCCCC1)COC. The second-order valence-electron chi connectivity index (χ2n) is 14.1. The lowest BCUT2D eigenvalue weighted by Gasteiger charge is -2.33. The molecular weight excluding hydrogens is 476 g/mol. The normalized spacial score (nSPS) is 17.7. The summed E-state index contributed by atoms with van der Waals surface area (Å²) in [5, 5.41) is 0. The fourth-order valence-electron chi connectivity index (χ4n) is 8.01. The molecule has 2 rings (SSSR count). The van der Waals surface area contributed by atoms with Gasteiger partial charge in [-0.05, 0) is 24.7 Å². The van der Waals surface area contributed by atoms with Crippen LogP contribution < -0.4 is 0 Å². The summed E-state index contributed by atoms with van der Waals surface area (Å²) in [5.41, 5.74) is 0.238. The van der Waals surface area contributed by atoms with Crippen LogP contribution in [0.4, 0.5) is 0 Å². The quantitative estimate of drug-likeness (QED) is 0.100. The molecule has 232 valence electrons. The van der Waals surface area contributed by atoms with Gasteiger partial charge in [0.05, 0.1) is 13.2 Å². The summed E-state index contributed by atoms with van der Waals surface area (Å²) in [6, 6.07) is 0. The fourth-order valence-corrected chi connectivity index (χ4v) is 8.01. The molecule has 0 atom stereocenters. The highest BCUT2D eigenvalue weighted by Gasteiger charge is 2.29. The highest BCUT2D eigenvalue weighted by Crippen LogP contribution is 2.33. The molecule has 2 nitrogen and oxygen atoms in total. The Balaban J connectivity index is 1.44. The van der Waals surface area contributed by atoms with E-state index in [-0.39, 0.29) is 5.41 Å². The Labute approximate surface area is 246 Å². The molecule has 39 heavy (non-hydrogen) atoms. The number of unbranched alkanes of at least 4 members (excludes halogenated alkanes) is 14. The zero-order valence-corrected chi connectivity index (χ0v) is 27.1. The lowest BCUT2D eigenvalue weighted by Crippen LogP contribution is -2.32. The van der Waals surface area contributed by atoms with Crippen LogP contribution in [-0.4, -0.2) is 27.4 Å². The summed E-state index contributed by atoms with van der Waals surface area (Å²) < 4.78 is 11.5. The van der Waals surface area contributed by atoms with Crippen LogP contribution in [0, 0.1) is 17.3 Å². The van der Waals surface area contributed by atoms with Gasteiger partial charge in [0, 0.05) is 19.6 Å². The second-order valence-corrected chi connectivity index (χ2v) is 14.1. The molecule has 0 N–H and O–H groups in total. The van der Waals surface area contributed by atoms with Crippen LogP contribution in [0.3, 0.4) is 0 Å². The molecule has 2 saturated carbocycles. The molecule has 0 bridgehead atoms. The van der Waals surface area contributed by atoms with Crippen molar-refractivity contribution in [3.63, 3.8) is 0 Å². The molecular formula is C37H72O2. The summed E-state index contributed by atoms with van der Waals surface area (Å²) in [6.07, 6.45) is 43.6. The molecule has 0 aromatic heterocycles. The van der Waals surface area contributed by atoms with Crippen molar-refractivity contribution < 1.29 is 9.47 Å². The van der Waals surface area contributed by atoms with Gasteiger partial charge in [-0.15, -0.1) is 0 Å². The molecule has 0 unspecified atom stereocenters. The topological polar surface area (TPSA) is 18.5 Å². The van der Waals surface area contributed by atoms with E-state index in [1.807, 2.05) is 14.2 Å². The molecule has 0 heterocycles. The van der Waals surface area contributed by atoms with E-state index in [1.54, 1.807) is 0 Å². The second kappa shape index (κ2) is 24.5. The van der Waals surface area contributed by atoms with Gasteiger partial charge in [0.1, 0.15) is 0 Å². The molecule has 0 spiro atoms. The van der Waals surface area contributed by atoms with E-state index in [1.165, 1.54) is 193 Å². The van der Waals surface area contributed by atoms with E-state index in [2.05, 4.69) is 0 Å². The van der Waals surface area contributed by atoms with Crippen LogP contribution in [0.25, 0.3) is 0 Å². The number of rotatable bonds is 26. The average Bonchev–Trinajstić information content (AvgIpc) is 2.96. The van der Waals surface area contributed by atoms with Crippen molar-refractivity contribution in [2.45, 2.75) is 193 Å². The minimum absolute atomic E-state index is 0.238. The van der Waals surface area contributed by atoms with Crippen molar-refractivity contribution in [3.05, 3.63) is 0 Å². The van der Waals surface area contributed by atoms with Gasteiger partial charge in [-0.25, -0.2) is 0 Å². The van der Waals surface area contributed by atoms with E-state index in [0.29, 0.717) is 0 Å². The summed E-state index contributed by atoms with van der Waals surface area (Å²) >= 11 is 0. The maximum absolute atomic E-state index is 5.73. The third-order valence-corrected chi connectivity index (χ3v) is 10.5. The van der Waals surface area contributed by atoms with Crippen molar-refractivity contribution in [1.29, 1.82) is 0 Å². The highest BCUT2D eigenvalue weighted by molar-refractivity contribution is 4.79. The van der Waals surface area contributed by atoms with Crippen molar-refractivity contribution in [2.24, 2.45) is 17.3 Å². The van der Waals surface area contributed by atoms with Gasteiger partial charge in [-0.3, -0.25) is 0 Å². The van der Waals surface area contributed by atoms with E-state index < -0.39 is 0 Å². The Morgan fingerprint density at radius 2 is 0.718 bits per heavy atom. The Hall–Kier alpha value is -0.0800. The first-order valence-corrected chi connectivity index (χ1v) is 18.3. The summed E-state index contributed by atoms with van der Waals surface area (Å²) in [5.74, 6) is 2.15. The zero-order valence-electron chi connectivity index (χ0n) is 27.1. The molecule has 2 fully saturated rings. The first-order chi connectivity index (χ1) is 19.3. The Kier molecular flexibility index (Phi) is 22.1. The van der Waals surface area contributed by atoms with Crippen LogP contribution >= 0.6 is 0 Å². The zero-order chi connectivity index (χ0) is 27.7. The Bertz CT molecular complexity index is 460. The first kappa shape index (κ1) is 35.1. The van der Waals surface area contributed by atoms with Gasteiger partial charge in [0.25, 0.3) is 0 Å². The lowest BCUT2D eigenvalue weighted by molar-refractivity contribution is -0.00452. The Morgan fingerprint density at radius 1 is 0.410 bits per heavy atom. The van der Waals surface area contributed by atoms with Gasteiger partial charge in [0.15, 0.2) is 0 Å². The van der Waals surface area contributed by atoms with Crippen molar-refractivity contribution in [3.8, 4) is 0 Å². The molecule has 0 amide bonds. The maximum atomic E-state index is 5.73. The summed E-state index contributed by atoms with van der Waals surface area (Å²) in [7, 11) is 3.76. The molecule has 2 aliphatic rings. The molecule has 0 aromatic carbocycles. The smallest absolute Gasteiger partial charge is 0.0540 e. The number of hydrogen-bond acceptors (Lipinski definition) is 2. The van der Waals surface area contributed by atoms with E-state index in [0.717, 1.165) is 25.0 Å². The third kappa shape index (κ3) is 18.1. The van der Waals surface area contributed by atoms with Crippen molar-refractivity contribution in [2.75, 3.05) is 27.4 Å². The van der Waals surface area contributed by atoms with Crippen LogP contribution in [-0.2, 0) is 9.47 Å². The van der Waals surface area contributed by atoms with Gasteiger partial charge < -0.3 is 9.47 Å². The standard InChI is InChI=1S/C37H72O2/c1-38-33-37(34-39-2,31-23-13-9-5-3-7-11-17-25-35-27-19-15-20-28-35)32-24-14-10-6-4-8-12-18-26-36-29-21-16-22-30-36/h35-36H,3-34H2,1-2H3. The fraction of sp³-hybridized carbons (Fsp3) is 1.00. The van der Waals surface area contributed by atoms with E-state index in [4.69, 9.17) is 9.47 Å². The summed E-state index contributed by atoms with van der Waals surface area (Å²) in [6.45, 7) is 1.73. The van der Waals surface area contributed by atoms with Crippen molar-refractivity contribution >= 4 is 0 Å². The van der Waals surface area contributed by atoms with Crippen LogP contribution in [0.1, 0.15) is 193 Å². The van der Waals surface area contributed by atoms with Crippen LogP contribution in [0.15, 0.2) is 0 Å². The minimum atomic E-state index is 0.238. The van der Waals surface area contributed by atoms with Crippen LogP contribution in [0.2, 0.25) is 0 Å².